The summed E-state index contributed by atoms with van der Waals surface area (Å²) in [6.45, 7) is 0.454. The van der Waals surface area contributed by atoms with Crippen LogP contribution in [0.4, 0.5) is 0 Å². The Morgan fingerprint density at radius 1 is 1.28 bits per heavy atom. The van der Waals surface area contributed by atoms with Crippen LogP contribution in [0.15, 0.2) is 35.7 Å². The minimum absolute atomic E-state index is 0.0249. The normalized spacial score (nSPS) is 24.5. The van der Waals surface area contributed by atoms with E-state index >= 15 is 0 Å². The van der Waals surface area contributed by atoms with Gasteiger partial charge in [0.2, 0.25) is 0 Å². The molecule has 1 aromatic carbocycles. The SMILES string of the molecule is O=C(O)C1(c2ccc3c(c2)OC[C@H](Cc2cccs2)[C@H]3O)CCCC1. The number of hydrogen-bond acceptors (Lipinski definition) is 4. The molecule has 1 saturated carbocycles. The Morgan fingerprint density at radius 2 is 2.08 bits per heavy atom. The number of carbonyl (C=O) groups is 1. The van der Waals surface area contributed by atoms with Gasteiger partial charge in [0.15, 0.2) is 0 Å². The van der Waals surface area contributed by atoms with Crippen LogP contribution in [0.5, 0.6) is 5.75 Å². The lowest BCUT2D eigenvalue weighted by molar-refractivity contribution is -0.143. The van der Waals surface area contributed by atoms with Crippen molar-refractivity contribution in [2.45, 2.75) is 43.6 Å². The minimum atomic E-state index is -0.794. The van der Waals surface area contributed by atoms with Crippen LogP contribution in [-0.4, -0.2) is 22.8 Å². The van der Waals surface area contributed by atoms with E-state index in [4.69, 9.17) is 4.74 Å². The summed E-state index contributed by atoms with van der Waals surface area (Å²) < 4.78 is 5.93. The summed E-state index contributed by atoms with van der Waals surface area (Å²) in [5.74, 6) is -0.0891. The first-order chi connectivity index (χ1) is 12.1. The second-order valence-corrected chi connectivity index (χ2v) is 8.18. The van der Waals surface area contributed by atoms with Crippen LogP contribution in [0, 0.1) is 5.92 Å². The van der Waals surface area contributed by atoms with Crippen LogP contribution in [0.2, 0.25) is 0 Å². The van der Waals surface area contributed by atoms with E-state index in [1.807, 2.05) is 29.6 Å². The van der Waals surface area contributed by atoms with Gasteiger partial charge < -0.3 is 14.9 Å². The Labute approximate surface area is 151 Å². The van der Waals surface area contributed by atoms with Gasteiger partial charge in [0.25, 0.3) is 0 Å². The molecular formula is C20H22O4S. The van der Waals surface area contributed by atoms with E-state index in [0.717, 1.165) is 30.4 Å². The maximum absolute atomic E-state index is 11.9. The minimum Gasteiger partial charge on any atom is -0.493 e. The van der Waals surface area contributed by atoms with Crippen molar-refractivity contribution in [3.05, 3.63) is 51.7 Å². The van der Waals surface area contributed by atoms with Gasteiger partial charge in [0.1, 0.15) is 5.75 Å². The van der Waals surface area contributed by atoms with Crippen molar-refractivity contribution >= 4 is 17.3 Å². The highest BCUT2D eigenvalue weighted by molar-refractivity contribution is 7.09. The number of hydrogen-bond donors (Lipinski definition) is 2. The van der Waals surface area contributed by atoms with E-state index in [-0.39, 0.29) is 5.92 Å². The van der Waals surface area contributed by atoms with Crippen molar-refractivity contribution in [1.82, 2.24) is 0 Å². The predicted molar refractivity (Wildman–Crippen MR) is 96.2 cm³/mol. The van der Waals surface area contributed by atoms with Crippen LogP contribution in [0.25, 0.3) is 0 Å². The highest BCUT2D eigenvalue weighted by Crippen LogP contribution is 2.45. The van der Waals surface area contributed by atoms with Crippen molar-refractivity contribution in [3.8, 4) is 5.75 Å². The first kappa shape index (κ1) is 16.6. The zero-order valence-electron chi connectivity index (χ0n) is 14.0. The molecule has 0 unspecified atom stereocenters. The quantitative estimate of drug-likeness (QED) is 0.869. The van der Waals surface area contributed by atoms with Crippen molar-refractivity contribution < 1.29 is 19.7 Å². The molecule has 1 aliphatic carbocycles. The number of benzene rings is 1. The van der Waals surface area contributed by atoms with Gasteiger partial charge in [-0.25, -0.2) is 0 Å². The number of rotatable bonds is 4. The molecule has 1 aliphatic heterocycles. The van der Waals surface area contributed by atoms with Crippen LogP contribution in [-0.2, 0) is 16.6 Å². The molecule has 0 bridgehead atoms. The second-order valence-electron chi connectivity index (χ2n) is 7.15. The summed E-state index contributed by atoms with van der Waals surface area (Å²) >= 11 is 1.69. The topological polar surface area (TPSA) is 66.8 Å². The summed E-state index contributed by atoms with van der Waals surface area (Å²) in [6, 6.07) is 9.67. The lowest BCUT2D eigenvalue weighted by Gasteiger charge is -2.32. The smallest absolute Gasteiger partial charge is 0.314 e. The Hall–Kier alpha value is -1.85. The van der Waals surface area contributed by atoms with Crippen molar-refractivity contribution in [2.24, 2.45) is 5.92 Å². The Balaban J connectivity index is 1.61. The molecule has 1 aromatic heterocycles. The highest BCUT2D eigenvalue weighted by atomic mass is 32.1. The molecule has 0 saturated heterocycles. The van der Waals surface area contributed by atoms with Crippen LogP contribution in [0.3, 0.4) is 0 Å². The highest BCUT2D eigenvalue weighted by Gasteiger charge is 2.43. The third-order valence-electron chi connectivity index (χ3n) is 5.69. The molecule has 25 heavy (non-hydrogen) atoms. The Morgan fingerprint density at radius 3 is 2.76 bits per heavy atom. The average Bonchev–Trinajstić information content (AvgIpc) is 3.29. The second kappa shape index (κ2) is 6.46. The zero-order chi connectivity index (χ0) is 17.4. The first-order valence-corrected chi connectivity index (χ1v) is 9.69. The number of ether oxygens (including phenoxy) is 1. The van der Waals surface area contributed by atoms with Crippen molar-refractivity contribution in [1.29, 1.82) is 0 Å². The van der Waals surface area contributed by atoms with Crippen molar-refractivity contribution in [2.75, 3.05) is 6.61 Å². The number of fused-ring (bicyclic) bond motifs is 1. The molecule has 132 valence electrons. The van der Waals surface area contributed by atoms with Crippen molar-refractivity contribution in [3.63, 3.8) is 0 Å². The van der Waals surface area contributed by atoms with Gasteiger partial charge in [0.05, 0.1) is 18.1 Å². The fraction of sp³-hybridized carbons (Fsp3) is 0.450. The van der Waals surface area contributed by atoms with Gasteiger partial charge in [-0.05, 0) is 42.3 Å². The Kier molecular flexibility index (Phi) is 4.29. The number of thiophene rings is 1. The van der Waals surface area contributed by atoms with Crippen LogP contribution in [0.1, 0.15) is 47.8 Å². The van der Waals surface area contributed by atoms with E-state index in [0.29, 0.717) is 25.2 Å². The number of carboxylic acids is 1. The molecule has 2 aliphatic rings. The number of carboxylic acid groups (broad SMARTS) is 1. The number of aliphatic hydroxyl groups is 1. The average molecular weight is 358 g/mol. The molecule has 1 fully saturated rings. The van der Waals surface area contributed by atoms with E-state index in [2.05, 4.69) is 6.07 Å². The molecule has 2 N–H and O–H groups in total. The van der Waals surface area contributed by atoms with Gasteiger partial charge in [-0.2, -0.15) is 0 Å². The summed E-state index contributed by atoms with van der Waals surface area (Å²) in [6.07, 6.45) is 3.43. The standard InChI is InChI=1S/C20H22O4S/c21-18-13(10-15-4-3-9-25-15)12-24-17-11-14(5-6-16(17)18)20(19(22)23)7-1-2-8-20/h3-6,9,11,13,18,21H,1-2,7-8,10,12H2,(H,22,23)/t13-,18+/m0/s1. The molecule has 4 rings (SSSR count). The monoisotopic (exact) mass is 358 g/mol. The van der Waals surface area contributed by atoms with E-state index in [1.54, 1.807) is 11.3 Å². The molecule has 0 radical (unpaired) electrons. The number of aliphatic hydroxyl groups excluding tert-OH is 1. The fourth-order valence-corrected chi connectivity index (χ4v) is 5.00. The molecule has 5 heteroatoms. The molecule has 2 aromatic rings. The summed E-state index contributed by atoms with van der Waals surface area (Å²) in [4.78, 5) is 13.1. The molecule has 2 atom stereocenters. The fourth-order valence-electron chi connectivity index (χ4n) is 4.21. The van der Waals surface area contributed by atoms with Crippen LogP contribution < -0.4 is 4.74 Å². The molecule has 0 amide bonds. The van der Waals surface area contributed by atoms with Gasteiger partial charge in [-0.3, -0.25) is 4.79 Å². The maximum atomic E-state index is 11.9. The number of aliphatic carboxylic acids is 1. The summed E-state index contributed by atoms with van der Waals surface area (Å²) in [7, 11) is 0. The third kappa shape index (κ3) is 2.85. The maximum Gasteiger partial charge on any atom is 0.314 e. The summed E-state index contributed by atoms with van der Waals surface area (Å²) in [5.41, 5.74) is 0.784. The lowest BCUT2D eigenvalue weighted by atomic mass is 9.77. The largest absolute Gasteiger partial charge is 0.493 e. The van der Waals surface area contributed by atoms with Gasteiger partial charge in [-0.15, -0.1) is 11.3 Å². The predicted octanol–water partition coefficient (Wildman–Crippen LogP) is 3.93. The van der Waals surface area contributed by atoms with Crippen LogP contribution >= 0.6 is 11.3 Å². The first-order valence-electron chi connectivity index (χ1n) is 8.81. The van der Waals surface area contributed by atoms with Gasteiger partial charge in [0, 0.05) is 16.4 Å². The zero-order valence-corrected chi connectivity index (χ0v) is 14.8. The molecular weight excluding hydrogens is 336 g/mol. The van der Waals surface area contributed by atoms with E-state index < -0.39 is 17.5 Å². The Bertz CT molecular complexity index is 762. The molecule has 2 heterocycles. The van der Waals surface area contributed by atoms with E-state index in [1.165, 1.54) is 4.88 Å². The molecule has 4 nitrogen and oxygen atoms in total. The van der Waals surface area contributed by atoms with Gasteiger partial charge >= 0.3 is 5.97 Å². The van der Waals surface area contributed by atoms with E-state index in [9.17, 15) is 15.0 Å². The lowest BCUT2D eigenvalue weighted by Crippen LogP contribution is -2.33. The third-order valence-corrected chi connectivity index (χ3v) is 6.59. The van der Waals surface area contributed by atoms with Gasteiger partial charge in [-0.1, -0.05) is 31.0 Å². The molecule has 0 spiro atoms. The summed E-state index contributed by atoms with van der Waals surface area (Å²) in [5, 5.41) is 22.6.